The number of ether oxygens (including phenoxy) is 2. The van der Waals surface area contributed by atoms with E-state index >= 15 is 0 Å². The maximum atomic E-state index is 14.9. The van der Waals surface area contributed by atoms with Crippen LogP contribution in [0.1, 0.15) is 68.7 Å². The van der Waals surface area contributed by atoms with E-state index in [1.54, 1.807) is 29.0 Å². The van der Waals surface area contributed by atoms with Crippen LogP contribution in [-0.4, -0.2) is 88.6 Å². The number of amides is 3. The van der Waals surface area contributed by atoms with Gasteiger partial charge in [0.15, 0.2) is 0 Å². The van der Waals surface area contributed by atoms with Crippen LogP contribution < -0.4 is 4.90 Å². The summed E-state index contributed by atoms with van der Waals surface area (Å²) in [5.74, 6) is -3.40. The number of hydrogen-bond acceptors (Lipinski definition) is 7. The number of likely N-dealkylation sites (tertiary alicyclic amines) is 1. The number of allylic oxidation sites excluding steroid dienone is 1. The molecule has 8 atom stereocenters. The normalized spacial score (nSPS) is 25.4. The fraction of sp³-hybridized carbons (Fsp3) is 0.500. The minimum atomic E-state index is -1.28. The molecule has 0 aromatic heterocycles. The third-order valence-corrected chi connectivity index (χ3v) is 10.9. The first-order valence-electron chi connectivity index (χ1n) is 17.7. The molecule has 3 heterocycles. The van der Waals surface area contributed by atoms with Crippen LogP contribution in [0.4, 0.5) is 5.69 Å². The van der Waals surface area contributed by atoms with Crippen molar-refractivity contribution in [2.75, 3.05) is 25.1 Å². The molecule has 0 unspecified atom stereocenters. The lowest BCUT2D eigenvalue weighted by atomic mass is 9.70. The van der Waals surface area contributed by atoms with Gasteiger partial charge in [-0.05, 0) is 69.2 Å². The zero-order valence-corrected chi connectivity index (χ0v) is 29.9. The minimum Gasteiger partial charge on any atom is -0.455 e. The molecule has 2 aromatic rings. The molecule has 3 amide bonds. The molecule has 2 bridgehead atoms. The molecule has 10 nitrogen and oxygen atoms in total. The molecule has 5 rings (SSSR count). The number of carbonyl (C=O) groups is 4. The Bertz CT molecular complexity index is 1610. The Morgan fingerprint density at radius 2 is 1.86 bits per heavy atom. The Balaban J connectivity index is 1.53. The highest BCUT2D eigenvalue weighted by Crippen LogP contribution is 2.59. The van der Waals surface area contributed by atoms with Gasteiger partial charge in [0.05, 0.1) is 36.6 Å². The van der Waals surface area contributed by atoms with Gasteiger partial charge in [-0.2, -0.15) is 0 Å². The van der Waals surface area contributed by atoms with E-state index in [1.165, 1.54) is 4.90 Å². The number of likely N-dealkylation sites (N-methyl/N-ethyl adjacent to an activating group) is 1. The van der Waals surface area contributed by atoms with Gasteiger partial charge in [0.2, 0.25) is 11.8 Å². The fourth-order valence-corrected chi connectivity index (χ4v) is 8.16. The van der Waals surface area contributed by atoms with Crippen LogP contribution in [0, 0.1) is 25.7 Å². The Hall–Kier alpha value is -4.28. The van der Waals surface area contributed by atoms with Gasteiger partial charge in [-0.3, -0.25) is 19.2 Å². The molecule has 10 heteroatoms. The third kappa shape index (κ3) is 6.51. The van der Waals surface area contributed by atoms with Gasteiger partial charge in [0, 0.05) is 25.7 Å². The SMILES string of the molecule is C=CCCC(=O)N(C)[C@H](C)[C@H](OC(=O)[C@@H]1[C@H]2C(=O)N([C@@H](CC)CO)[C@H](C(=O)N(CC=C)c3cc(C)ccc3C)[C@]23CC[C@H]1O3)c1ccccc1. The van der Waals surface area contributed by atoms with E-state index in [1.807, 2.05) is 76.2 Å². The quantitative estimate of drug-likeness (QED) is 0.206. The van der Waals surface area contributed by atoms with Crippen molar-refractivity contribution in [3.05, 3.63) is 90.5 Å². The molecule has 0 aliphatic carbocycles. The van der Waals surface area contributed by atoms with Crippen LogP contribution in [0.25, 0.3) is 0 Å². The monoisotopic (exact) mass is 685 g/mol. The molecule has 2 aromatic carbocycles. The number of aliphatic hydroxyl groups is 1. The van der Waals surface area contributed by atoms with Crippen molar-refractivity contribution in [2.45, 2.75) is 95.7 Å². The molecule has 0 saturated carbocycles. The van der Waals surface area contributed by atoms with Crippen molar-refractivity contribution in [3.63, 3.8) is 0 Å². The van der Waals surface area contributed by atoms with Gasteiger partial charge in [-0.1, -0.05) is 61.5 Å². The largest absolute Gasteiger partial charge is 0.455 e. The highest BCUT2D eigenvalue weighted by Gasteiger charge is 2.75. The molecular weight excluding hydrogens is 634 g/mol. The number of benzene rings is 2. The molecule has 3 aliphatic rings. The summed E-state index contributed by atoms with van der Waals surface area (Å²) < 4.78 is 13.0. The summed E-state index contributed by atoms with van der Waals surface area (Å²) in [5, 5.41) is 10.5. The maximum absolute atomic E-state index is 14.9. The first-order chi connectivity index (χ1) is 23.9. The van der Waals surface area contributed by atoms with Gasteiger partial charge < -0.3 is 29.3 Å². The minimum absolute atomic E-state index is 0.109. The summed E-state index contributed by atoms with van der Waals surface area (Å²) in [6.07, 6.45) is 3.95. The van der Waals surface area contributed by atoms with Gasteiger partial charge in [0.25, 0.3) is 5.91 Å². The average Bonchev–Trinajstić information content (AvgIpc) is 3.77. The maximum Gasteiger partial charge on any atom is 0.313 e. The van der Waals surface area contributed by atoms with Crippen LogP contribution in [0.3, 0.4) is 0 Å². The van der Waals surface area contributed by atoms with Crippen LogP contribution in [0.2, 0.25) is 0 Å². The van der Waals surface area contributed by atoms with Crippen molar-refractivity contribution in [1.82, 2.24) is 9.80 Å². The van der Waals surface area contributed by atoms with Crippen LogP contribution in [0.5, 0.6) is 0 Å². The number of aryl methyl sites for hydroxylation is 2. The molecule has 3 aliphatic heterocycles. The summed E-state index contributed by atoms with van der Waals surface area (Å²) in [5.41, 5.74) is 1.99. The highest BCUT2D eigenvalue weighted by molar-refractivity contribution is 6.05. The van der Waals surface area contributed by atoms with E-state index in [4.69, 9.17) is 9.47 Å². The number of rotatable bonds is 15. The predicted molar refractivity (Wildman–Crippen MR) is 191 cm³/mol. The number of aliphatic hydroxyl groups excluding tert-OH is 1. The molecular formula is C40H51N3O7. The van der Waals surface area contributed by atoms with Gasteiger partial charge >= 0.3 is 5.97 Å². The number of fused-ring (bicyclic) bond motifs is 1. The van der Waals surface area contributed by atoms with E-state index < -0.39 is 59.6 Å². The smallest absolute Gasteiger partial charge is 0.313 e. The Labute approximate surface area is 295 Å². The van der Waals surface area contributed by atoms with E-state index in [9.17, 15) is 24.3 Å². The first kappa shape index (κ1) is 37.0. The fourth-order valence-electron chi connectivity index (χ4n) is 8.16. The first-order valence-corrected chi connectivity index (χ1v) is 17.7. The Morgan fingerprint density at radius 3 is 2.50 bits per heavy atom. The summed E-state index contributed by atoms with van der Waals surface area (Å²) in [4.78, 5) is 61.8. The summed E-state index contributed by atoms with van der Waals surface area (Å²) in [6, 6.07) is 12.9. The zero-order chi connectivity index (χ0) is 36.3. The van der Waals surface area contributed by atoms with Gasteiger partial charge in [-0.25, -0.2) is 0 Å². The molecule has 3 fully saturated rings. The van der Waals surface area contributed by atoms with E-state index in [0.717, 1.165) is 11.1 Å². The molecule has 1 N–H and O–H groups in total. The number of hydrogen-bond donors (Lipinski definition) is 1. The number of anilines is 1. The van der Waals surface area contributed by atoms with E-state index in [0.29, 0.717) is 36.9 Å². The summed E-state index contributed by atoms with van der Waals surface area (Å²) in [6.45, 7) is 15.0. The van der Waals surface area contributed by atoms with Crippen molar-refractivity contribution < 1.29 is 33.8 Å². The van der Waals surface area contributed by atoms with Gasteiger partial charge in [-0.15, -0.1) is 13.2 Å². The molecule has 268 valence electrons. The van der Waals surface area contributed by atoms with Crippen LogP contribution in [-0.2, 0) is 28.7 Å². The van der Waals surface area contributed by atoms with Crippen molar-refractivity contribution >= 4 is 29.4 Å². The lowest BCUT2D eigenvalue weighted by Crippen LogP contribution is -2.59. The van der Waals surface area contributed by atoms with E-state index in [-0.39, 0.29) is 31.4 Å². The third-order valence-electron chi connectivity index (χ3n) is 10.9. The molecule has 0 radical (unpaired) electrons. The van der Waals surface area contributed by atoms with Crippen LogP contribution >= 0.6 is 0 Å². The van der Waals surface area contributed by atoms with Crippen LogP contribution in [0.15, 0.2) is 73.8 Å². The lowest BCUT2D eigenvalue weighted by molar-refractivity contribution is -0.165. The number of nitrogens with zero attached hydrogens (tertiary/aromatic N) is 3. The number of esters is 1. The highest BCUT2D eigenvalue weighted by atomic mass is 16.6. The molecule has 3 saturated heterocycles. The predicted octanol–water partition coefficient (Wildman–Crippen LogP) is 5.07. The zero-order valence-electron chi connectivity index (χ0n) is 29.9. The second-order valence-electron chi connectivity index (χ2n) is 13.9. The van der Waals surface area contributed by atoms with Gasteiger partial charge in [0.1, 0.15) is 17.7 Å². The Morgan fingerprint density at radius 1 is 1.14 bits per heavy atom. The second kappa shape index (κ2) is 15.3. The number of carbonyl (C=O) groups excluding carboxylic acids is 4. The second-order valence-corrected chi connectivity index (χ2v) is 13.9. The topological polar surface area (TPSA) is 117 Å². The van der Waals surface area contributed by atoms with Crippen molar-refractivity contribution in [1.29, 1.82) is 0 Å². The lowest BCUT2D eigenvalue weighted by Gasteiger charge is -2.39. The van der Waals surface area contributed by atoms with E-state index in [2.05, 4.69) is 13.2 Å². The summed E-state index contributed by atoms with van der Waals surface area (Å²) in [7, 11) is 1.69. The molecule has 50 heavy (non-hydrogen) atoms. The average molecular weight is 686 g/mol. The molecule has 1 spiro atoms. The summed E-state index contributed by atoms with van der Waals surface area (Å²) >= 11 is 0. The van der Waals surface area contributed by atoms with Crippen molar-refractivity contribution in [3.8, 4) is 0 Å². The standard InChI is InChI=1S/C40H51N3O7/c1-8-11-17-32(45)41(7)27(6)35(28-15-13-12-14-16-28)49-39(48)33-31-20-21-40(50-31)34(33)37(46)43(29(10-3)24-44)36(40)38(47)42(22-9-2)30-23-25(4)18-19-26(30)5/h8-9,12-16,18-19,23,27,29,31,33-36,44H,1-2,10-11,17,20-22,24H2,3-7H3/t27-,29+,31-,33+,34+,35+,36-,40+/m1/s1. The van der Waals surface area contributed by atoms with Crippen molar-refractivity contribution in [2.24, 2.45) is 11.8 Å². The Kier molecular flexibility index (Phi) is 11.3.